The Labute approximate surface area is 187 Å². The van der Waals surface area contributed by atoms with Crippen molar-refractivity contribution in [1.29, 1.82) is 0 Å². The molecule has 0 unspecified atom stereocenters. The smallest absolute Gasteiger partial charge is 0.0262 e. The Morgan fingerprint density at radius 1 is 0.500 bits per heavy atom. The van der Waals surface area contributed by atoms with Crippen LogP contribution in [0.3, 0.4) is 0 Å². The van der Waals surface area contributed by atoms with E-state index in [4.69, 9.17) is 0 Å². The maximum atomic E-state index is 3.76. The van der Waals surface area contributed by atoms with Gasteiger partial charge in [-0.1, -0.05) is 139 Å². The quantitative estimate of drug-likeness (QED) is 0.275. The van der Waals surface area contributed by atoms with Crippen LogP contribution in [0, 0.1) is 0 Å². The van der Waals surface area contributed by atoms with E-state index in [9.17, 15) is 0 Å². The largest absolute Gasteiger partial charge is 0.0985 e. The Hall–Kier alpha value is -2.08. The second-order valence-electron chi connectivity index (χ2n) is 8.22. The lowest BCUT2D eigenvalue weighted by molar-refractivity contribution is 0.607. The molecule has 0 atom stereocenters. The third kappa shape index (κ3) is 12.5. The Balaban J connectivity index is 0.000000303. The van der Waals surface area contributed by atoms with Crippen molar-refractivity contribution in [2.24, 2.45) is 0 Å². The van der Waals surface area contributed by atoms with Crippen molar-refractivity contribution in [2.75, 3.05) is 0 Å². The molecule has 0 bridgehead atoms. The minimum Gasteiger partial charge on any atom is -0.0985 e. The highest BCUT2D eigenvalue weighted by Crippen LogP contribution is 2.12. The molecule has 0 aliphatic rings. The van der Waals surface area contributed by atoms with Gasteiger partial charge in [0.1, 0.15) is 0 Å². The van der Waals surface area contributed by atoms with Gasteiger partial charge in [-0.15, -0.1) is 0 Å². The van der Waals surface area contributed by atoms with Crippen LogP contribution in [0.5, 0.6) is 0 Å². The van der Waals surface area contributed by atoms with E-state index in [1.807, 2.05) is 12.2 Å². The molecule has 0 spiro atoms. The van der Waals surface area contributed by atoms with E-state index in [1.165, 1.54) is 99.3 Å². The van der Waals surface area contributed by atoms with E-state index in [0.717, 1.165) is 0 Å². The fourth-order valence-electron chi connectivity index (χ4n) is 3.51. The molecule has 0 aliphatic heterocycles. The summed E-state index contributed by atoms with van der Waals surface area (Å²) in [5.74, 6) is 0. The van der Waals surface area contributed by atoms with E-state index in [2.05, 4.69) is 75.5 Å². The molecule has 2 aromatic rings. The first kappa shape index (κ1) is 26.0. The van der Waals surface area contributed by atoms with Gasteiger partial charge in [-0.25, -0.2) is 0 Å². The number of hydrogen-bond acceptors (Lipinski definition) is 0. The van der Waals surface area contributed by atoms with Crippen LogP contribution < -0.4 is 0 Å². The zero-order valence-electron chi connectivity index (χ0n) is 19.7. The maximum Gasteiger partial charge on any atom is -0.0262 e. The number of rotatable bonds is 14. The zero-order chi connectivity index (χ0) is 21.9. The second kappa shape index (κ2) is 17.8. The Bertz CT molecular complexity index is 660. The summed E-state index contributed by atoms with van der Waals surface area (Å²) in [5, 5.41) is 0. The van der Waals surface area contributed by atoms with Gasteiger partial charge in [0.15, 0.2) is 0 Å². The van der Waals surface area contributed by atoms with Crippen LogP contribution in [-0.2, 0) is 12.8 Å². The highest BCUT2D eigenvalue weighted by Gasteiger charge is 1.95. The Kier molecular flexibility index (Phi) is 15.4. The number of benzene rings is 2. The van der Waals surface area contributed by atoms with Crippen LogP contribution in [0.4, 0.5) is 0 Å². The standard InChI is InChI=1S/C16H24.C14H20/c1-3-5-6-7-8-9-10-16-13-11-15(4-2)12-14-16;1-3-5-6-7-8-14-11-9-13(4-2)10-12-14/h4,11-14H,2-3,5-10H2,1H3;4,9-12H,2-3,5-8H2,1H3. The van der Waals surface area contributed by atoms with Crippen molar-refractivity contribution >= 4 is 12.2 Å². The van der Waals surface area contributed by atoms with E-state index in [-0.39, 0.29) is 0 Å². The number of aryl methyl sites for hydroxylation is 2. The molecule has 0 heteroatoms. The first-order valence-corrected chi connectivity index (χ1v) is 12.2. The van der Waals surface area contributed by atoms with Gasteiger partial charge < -0.3 is 0 Å². The minimum atomic E-state index is 1.21. The summed E-state index contributed by atoms with van der Waals surface area (Å²) in [4.78, 5) is 0. The molecule has 0 amide bonds. The van der Waals surface area contributed by atoms with Crippen molar-refractivity contribution in [1.82, 2.24) is 0 Å². The fourth-order valence-corrected chi connectivity index (χ4v) is 3.51. The van der Waals surface area contributed by atoms with Crippen molar-refractivity contribution in [2.45, 2.75) is 90.9 Å². The first-order valence-electron chi connectivity index (χ1n) is 12.2. The van der Waals surface area contributed by atoms with Crippen LogP contribution in [0.1, 0.15) is 100 Å². The lowest BCUT2D eigenvalue weighted by Gasteiger charge is -2.02. The predicted octanol–water partition coefficient (Wildman–Crippen LogP) is 9.68. The number of unbranched alkanes of at least 4 members (excludes halogenated alkanes) is 8. The van der Waals surface area contributed by atoms with E-state index in [0.29, 0.717) is 0 Å². The van der Waals surface area contributed by atoms with Crippen molar-refractivity contribution in [3.05, 3.63) is 83.9 Å². The zero-order valence-corrected chi connectivity index (χ0v) is 19.7. The summed E-state index contributed by atoms with van der Waals surface area (Å²) >= 11 is 0. The van der Waals surface area contributed by atoms with E-state index in [1.54, 1.807) is 0 Å². The highest BCUT2D eigenvalue weighted by molar-refractivity contribution is 5.47. The molecule has 2 aromatic carbocycles. The lowest BCUT2D eigenvalue weighted by atomic mass is 10.0. The SMILES string of the molecule is C=Cc1ccc(CCCCCC)cc1.C=Cc1ccc(CCCCCCCC)cc1. The molecule has 0 saturated heterocycles. The summed E-state index contributed by atoms with van der Waals surface area (Å²) < 4.78 is 0. The third-order valence-electron chi connectivity index (χ3n) is 5.57. The summed E-state index contributed by atoms with van der Waals surface area (Å²) in [6, 6.07) is 17.5. The molecule has 30 heavy (non-hydrogen) atoms. The van der Waals surface area contributed by atoms with Crippen molar-refractivity contribution in [3.63, 3.8) is 0 Å². The summed E-state index contributed by atoms with van der Waals surface area (Å²) in [7, 11) is 0. The van der Waals surface area contributed by atoms with Gasteiger partial charge in [0.2, 0.25) is 0 Å². The van der Waals surface area contributed by atoms with Gasteiger partial charge in [-0.3, -0.25) is 0 Å². The fraction of sp³-hybridized carbons (Fsp3) is 0.467. The van der Waals surface area contributed by atoms with Crippen LogP contribution in [0.15, 0.2) is 61.7 Å². The van der Waals surface area contributed by atoms with Crippen molar-refractivity contribution in [3.8, 4) is 0 Å². The molecule has 164 valence electrons. The molecule has 0 fully saturated rings. The van der Waals surface area contributed by atoms with Gasteiger partial charge in [-0.05, 0) is 47.9 Å². The lowest BCUT2D eigenvalue weighted by Crippen LogP contribution is -1.86. The van der Waals surface area contributed by atoms with Crippen molar-refractivity contribution < 1.29 is 0 Å². The molecular formula is C30H44. The van der Waals surface area contributed by atoms with E-state index >= 15 is 0 Å². The maximum absolute atomic E-state index is 3.76. The van der Waals surface area contributed by atoms with Gasteiger partial charge >= 0.3 is 0 Å². The first-order chi connectivity index (χ1) is 14.7. The molecule has 0 radical (unpaired) electrons. The molecule has 0 saturated carbocycles. The van der Waals surface area contributed by atoms with Crippen LogP contribution >= 0.6 is 0 Å². The minimum absolute atomic E-state index is 1.21. The summed E-state index contributed by atoms with van der Waals surface area (Å²) in [6.07, 6.45) is 19.8. The molecule has 0 heterocycles. The Morgan fingerprint density at radius 3 is 1.20 bits per heavy atom. The normalized spacial score (nSPS) is 10.2. The topological polar surface area (TPSA) is 0 Å². The summed E-state index contributed by atoms with van der Waals surface area (Å²) in [6.45, 7) is 12.0. The molecule has 2 rings (SSSR count). The van der Waals surface area contributed by atoms with Crippen LogP contribution in [-0.4, -0.2) is 0 Å². The van der Waals surface area contributed by atoms with Gasteiger partial charge in [-0.2, -0.15) is 0 Å². The molecule has 0 N–H and O–H groups in total. The molecular weight excluding hydrogens is 360 g/mol. The molecule has 0 aromatic heterocycles. The second-order valence-corrected chi connectivity index (χ2v) is 8.22. The third-order valence-corrected chi connectivity index (χ3v) is 5.57. The number of hydrogen-bond donors (Lipinski definition) is 0. The average molecular weight is 405 g/mol. The summed E-state index contributed by atoms with van der Waals surface area (Å²) in [5.41, 5.74) is 5.33. The van der Waals surface area contributed by atoms with Gasteiger partial charge in [0.25, 0.3) is 0 Å². The monoisotopic (exact) mass is 404 g/mol. The average Bonchev–Trinajstić information content (AvgIpc) is 2.80. The predicted molar refractivity (Wildman–Crippen MR) is 138 cm³/mol. The van der Waals surface area contributed by atoms with Crippen LogP contribution in [0.25, 0.3) is 12.2 Å². The van der Waals surface area contributed by atoms with Gasteiger partial charge in [0, 0.05) is 0 Å². The molecule has 0 aliphatic carbocycles. The van der Waals surface area contributed by atoms with E-state index < -0.39 is 0 Å². The van der Waals surface area contributed by atoms with Gasteiger partial charge in [0.05, 0.1) is 0 Å². The highest BCUT2D eigenvalue weighted by atomic mass is 14.0. The van der Waals surface area contributed by atoms with Crippen LogP contribution in [0.2, 0.25) is 0 Å². The molecule has 0 nitrogen and oxygen atoms in total. The Morgan fingerprint density at radius 2 is 0.833 bits per heavy atom.